The quantitative estimate of drug-likeness (QED) is 0.123. The number of rotatable bonds is 11. The highest BCUT2D eigenvalue weighted by molar-refractivity contribution is 5.91. The number of halogens is 2. The summed E-state index contributed by atoms with van der Waals surface area (Å²) in [6, 6.07) is 16.8. The smallest absolute Gasteiger partial charge is 0.343 e. The molecule has 0 saturated carbocycles. The minimum Gasteiger partial charge on any atom is -0.494 e. The molecule has 0 N–H and O–H groups in total. The predicted octanol–water partition coefficient (Wildman–Crippen LogP) is 7.71. The van der Waals surface area contributed by atoms with Crippen molar-refractivity contribution in [3.05, 3.63) is 95.1 Å². The third-order valence-corrected chi connectivity index (χ3v) is 5.39. The first-order valence-corrected chi connectivity index (χ1v) is 12.1. The Morgan fingerprint density at radius 1 is 0.714 bits per heavy atom. The summed E-state index contributed by atoms with van der Waals surface area (Å²) in [6.07, 6.45) is 8.78. The second kappa shape index (κ2) is 13.9. The Morgan fingerprint density at radius 3 is 1.86 bits per heavy atom. The first kappa shape index (κ1) is 26.0. The average Bonchev–Trinajstić information content (AvgIpc) is 2.85. The van der Waals surface area contributed by atoms with E-state index in [0.717, 1.165) is 42.0 Å². The van der Waals surface area contributed by atoms with E-state index < -0.39 is 17.6 Å². The number of benzene rings is 3. The summed E-state index contributed by atoms with van der Waals surface area (Å²) in [4.78, 5) is 12.2. The molecule has 0 heterocycles. The lowest BCUT2D eigenvalue weighted by molar-refractivity contribution is 0.0734. The number of unbranched alkanes of at least 4 members (excludes halogenated alkanes) is 6. The fourth-order valence-electron chi connectivity index (χ4n) is 3.47. The first-order chi connectivity index (χ1) is 17.0. The van der Waals surface area contributed by atoms with Gasteiger partial charge < -0.3 is 9.47 Å². The van der Waals surface area contributed by atoms with Crippen molar-refractivity contribution < 1.29 is 23.0 Å². The maximum Gasteiger partial charge on any atom is 0.343 e. The lowest BCUT2D eigenvalue weighted by Gasteiger charge is -2.06. The van der Waals surface area contributed by atoms with Gasteiger partial charge in [-0.15, -0.1) is 0 Å². The Labute approximate surface area is 206 Å². The van der Waals surface area contributed by atoms with Crippen molar-refractivity contribution in [1.29, 1.82) is 0 Å². The molecule has 0 spiro atoms. The molecule has 0 aliphatic rings. The van der Waals surface area contributed by atoms with E-state index >= 15 is 0 Å². The monoisotopic (exact) mass is 476 g/mol. The van der Waals surface area contributed by atoms with E-state index in [2.05, 4.69) is 18.8 Å². The van der Waals surface area contributed by atoms with E-state index in [4.69, 9.17) is 9.47 Å². The van der Waals surface area contributed by atoms with Gasteiger partial charge in [-0.1, -0.05) is 57.3 Å². The zero-order valence-corrected chi connectivity index (χ0v) is 20.0. The molecule has 0 radical (unpaired) electrons. The maximum atomic E-state index is 13.3. The summed E-state index contributed by atoms with van der Waals surface area (Å²) in [7, 11) is 0. The highest BCUT2D eigenvalue weighted by Crippen LogP contribution is 2.17. The van der Waals surface area contributed by atoms with Crippen molar-refractivity contribution in [2.75, 3.05) is 6.61 Å². The van der Waals surface area contributed by atoms with Gasteiger partial charge in [-0.3, -0.25) is 0 Å². The third-order valence-electron chi connectivity index (χ3n) is 5.39. The molecule has 0 saturated heterocycles. The Hall–Kier alpha value is -3.65. The highest BCUT2D eigenvalue weighted by Gasteiger charge is 2.10. The van der Waals surface area contributed by atoms with E-state index in [1.165, 1.54) is 38.5 Å². The van der Waals surface area contributed by atoms with Crippen LogP contribution in [0.25, 0.3) is 0 Å². The molecular weight excluding hydrogens is 446 g/mol. The minimum absolute atomic E-state index is 0.189. The molecule has 0 aliphatic heterocycles. The number of hydrogen-bond acceptors (Lipinski definition) is 3. The molecule has 3 aromatic rings. The van der Waals surface area contributed by atoms with Crippen LogP contribution in [0.1, 0.15) is 73.4 Å². The molecule has 35 heavy (non-hydrogen) atoms. The van der Waals surface area contributed by atoms with Gasteiger partial charge in [0.15, 0.2) is 0 Å². The first-order valence-electron chi connectivity index (χ1n) is 12.1. The lowest BCUT2D eigenvalue weighted by atomic mass is 10.1. The predicted molar refractivity (Wildman–Crippen MR) is 134 cm³/mol. The molecule has 3 rings (SSSR count). The summed E-state index contributed by atoms with van der Waals surface area (Å²) >= 11 is 0. The van der Waals surface area contributed by atoms with Crippen LogP contribution in [-0.2, 0) is 0 Å². The molecule has 0 atom stereocenters. The van der Waals surface area contributed by atoms with Crippen LogP contribution in [-0.4, -0.2) is 12.6 Å². The van der Waals surface area contributed by atoms with Gasteiger partial charge in [0.2, 0.25) is 0 Å². The molecular formula is C30H30F2O3. The van der Waals surface area contributed by atoms with Crippen molar-refractivity contribution in [2.45, 2.75) is 51.9 Å². The Balaban J connectivity index is 1.45. The van der Waals surface area contributed by atoms with Gasteiger partial charge in [0, 0.05) is 29.3 Å². The molecule has 0 aliphatic carbocycles. The highest BCUT2D eigenvalue weighted by atomic mass is 19.1. The fraction of sp³-hybridized carbons (Fsp3) is 0.300. The average molecular weight is 477 g/mol. The molecule has 0 aromatic heterocycles. The molecule has 0 fully saturated rings. The van der Waals surface area contributed by atoms with E-state index in [9.17, 15) is 13.6 Å². The van der Waals surface area contributed by atoms with Crippen molar-refractivity contribution >= 4 is 5.97 Å². The van der Waals surface area contributed by atoms with E-state index in [0.29, 0.717) is 6.07 Å². The zero-order valence-electron chi connectivity index (χ0n) is 20.0. The topological polar surface area (TPSA) is 35.5 Å². The van der Waals surface area contributed by atoms with Crippen LogP contribution in [0.4, 0.5) is 8.78 Å². The Bertz CT molecular complexity index is 1120. The molecule has 3 nitrogen and oxygen atoms in total. The standard InChI is InChI=1S/C30H30F2O3/c1-2-3-4-5-6-7-8-19-34-28-17-13-24(14-18-28)10-9-23-11-15-25(16-12-23)30(33)35-29-21-26(31)20-27(32)22-29/h11-18,20-22H,2-8,19H2,1H3. The van der Waals surface area contributed by atoms with Gasteiger partial charge >= 0.3 is 5.97 Å². The zero-order chi connectivity index (χ0) is 24.9. The number of ether oxygens (including phenoxy) is 2. The molecule has 182 valence electrons. The lowest BCUT2D eigenvalue weighted by Crippen LogP contribution is -2.08. The van der Waals surface area contributed by atoms with E-state index in [1.54, 1.807) is 24.3 Å². The second-order valence-corrected chi connectivity index (χ2v) is 8.32. The van der Waals surface area contributed by atoms with Gasteiger partial charge in [-0.05, 0) is 55.0 Å². The van der Waals surface area contributed by atoms with Crippen LogP contribution in [0.15, 0.2) is 66.7 Å². The van der Waals surface area contributed by atoms with Gasteiger partial charge in [-0.25, -0.2) is 13.6 Å². The SMILES string of the molecule is CCCCCCCCCOc1ccc(C#Cc2ccc(C(=O)Oc3cc(F)cc(F)c3)cc2)cc1. The summed E-state index contributed by atoms with van der Waals surface area (Å²) in [5, 5.41) is 0. The van der Waals surface area contributed by atoms with Crippen molar-refractivity contribution in [3.63, 3.8) is 0 Å². The number of carbonyl (C=O) groups is 1. The van der Waals surface area contributed by atoms with Crippen LogP contribution in [0.5, 0.6) is 11.5 Å². The summed E-state index contributed by atoms with van der Waals surface area (Å²) in [5.74, 6) is 4.45. The molecule has 5 heteroatoms. The number of carbonyl (C=O) groups excluding carboxylic acids is 1. The molecule has 0 bridgehead atoms. The minimum atomic E-state index is -0.814. The van der Waals surface area contributed by atoms with Gasteiger partial charge in [0.25, 0.3) is 0 Å². The van der Waals surface area contributed by atoms with Crippen LogP contribution in [0.3, 0.4) is 0 Å². The van der Waals surface area contributed by atoms with E-state index in [1.807, 2.05) is 24.3 Å². The van der Waals surface area contributed by atoms with Crippen molar-refractivity contribution in [3.8, 4) is 23.3 Å². The Kier molecular flexibility index (Phi) is 10.3. The van der Waals surface area contributed by atoms with Gasteiger partial charge in [0.05, 0.1) is 12.2 Å². The van der Waals surface area contributed by atoms with Crippen LogP contribution in [0, 0.1) is 23.5 Å². The summed E-state index contributed by atoms with van der Waals surface area (Å²) < 4.78 is 37.4. The van der Waals surface area contributed by atoms with E-state index in [-0.39, 0.29) is 11.3 Å². The van der Waals surface area contributed by atoms with Crippen LogP contribution >= 0.6 is 0 Å². The molecule has 3 aromatic carbocycles. The number of hydrogen-bond donors (Lipinski definition) is 0. The number of esters is 1. The third kappa shape index (κ3) is 9.25. The second-order valence-electron chi connectivity index (χ2n) is 8.32. The van der Waals surface area contributed by atoms with Crippen LogP contribution in [0.2, 0.25) is 0 Å². The Morgan fingerprint density at radius 2 is 1.26 bits per heavy atom. The normalized spacial score (nSPS) is 10.4. The fourth-order valence-corrected chi connectivity index (χ4v) is 3.47. The van der Waals surface area contributed by atoms with Crippen LogP contribution < -0.4 is 9.47 Å². The molecule has 0 amide bonds. The van der Waals surface area contributed by atoms with Crippen molar-refractivity contribution in [1.82, 2.24) is 0 Å². The summed E-state index contributed by atoms with van der Waals surface area (Å²) in [5.41, 5.74) is 1.82. The summed E-state index contributed by atoms with van der Waals surface area (Å²) in [6.45, 7) is 2.95. The maximum absolute atomic E-state index is 13.3. The van der Waals surface area contributed by atoms with Crippen molar-refractivity contribution in [2.24, 2.45) is 0 Å². The molecule has 0 unspecified atom stereocenters. The largest absolute Gasteiger partial charge is 0.494 e. The van der Waals surface area contributed by atoms with Gasteiger partial charge in [-0.2, -0.15) is 0 Å². The van der Waals surface area contributed by atoms with Gasteiger partial charge in [0.1, 0.15) is 23.1 Å².